The highest BCUT2D eigenvalue weighted by Gasteiger charge is 2.35. The Balaban J connectivity index is 2.13. The minimum Gasteiger partial charge on any atom is -0.478 e. The molecule has 0 unspecified atom stereocenters. The predicted octanol–water partition coefficient (Wildman–Crippen LogP) is 2.73. The molecule has 0 fully saturated rings. The van der Waals surface area contributed by atoms with Crippen molar-refractivity contribution in [2.75, 3.05) is 0 Å². The van der Waals surface area contributed by atoms with Gasteiger partial charge in [-0.15, -0.1) is 0 Å². The van der Waals surface area contributed by atoms with Crippen LogP contribution in [0.5, 0.6) is 11.5 Å². The number of benzene rings is 2. The van der Waals surface area contributed by atoms with Crippen LogP contribution in [0.2, 0.25) is 0 Å². The number of nitrogens with one attached hydrogen (secondary N) is 2. The second-order valence-corrected chi connectivity index (χ2v) is 5.23. The molecule has 10 heteroatoms. The van der Waals surface area contributed by atoms with Crippen molar-refractivity contribution in [2.24, 2.45) is 0 Å². The van der Waals surface area contributed by atoms with E-state index in [0.29, 0.717) is 6.07 Å². The Hall–Kier alpha value is -3.56. The van der Waals surface area contributed by atoms with Crippen molar-refractivity contribution >= 4 is 17.0 Å². The minimum absolute atomic E-state index is 0.0355. The fraction of sp³-hybridized carbons (Fsp3) is 0.0625. The molecule has 0 amide bonds. The van der Waals surface area contributed by atoms with E-state index in [0.717, 1.165) is 6.07 Å². The number of carbonyl (C=O) groups is 1. The van der Waals surface area contributed by atoms with Gasteiger partial charge < -0.3 is 19.8 Å². The van der Waals surface area contributed by atoms with E-state index in [4.69, 9.17) is 9.84 Å². The summed E-state index contributed by atoms with van der Waals surface area (Å²) >= 11 is 0. The number of aromatic nitrogens is 2. The summed E-state index contributed by atoms with van der Waals surface area (Å²) in [6.07, 6.45) is -4.79. The third-order valence-corrected chi connectivity index (χ3v) is 3.46. The predicted molar refractivity (Wildman–Crippen MR) is 83.7 cm³/mol. The van der Waals surface area contributed by atoms with E-state index in [1.54, 1.807) is 0 Å². The van der Waals surface area contributed by atoms with Gasteiger partial charge in [0, 0.05) is 6.07 Å². The summed E-state index contributed by atoms with van der Waals surface area (Å²) in [5.41, 5.74) is -3.60. The monoisotopic (exact) mass is 366 g/mol. The summed E-state index contributed by atoms with van der Waals surface area (Å²) < 4.78 is 45.1. The Morgan fingerprint density at radius 1 is 0.962 bits per heavy atom. The van der Waals surface area contributed by atoms with Crippen LogP contribution < -0.4 is 15.9 Å². The topological polar surface area (TPSA) is 112 Å². The molecule has 0 aliphatic rings. The molecule has 0 radical (unpaired) electrons. The van der Waals surface area contributed by atoms with Crippen LogP contribution in [-0.2, 0) is 6.18 Å². The molecule has 3 aromatic rings. The summed E-state index contributed by atoms with van der Waals surface area (Å²) in [5.74, 6) is -1.85. The van der Waals surface area contributed by atoms with E-state index in [9.17, 15) is 27.6 Å². The maximum atomic E-state index is 13.3. The molecule has 3 N–H and O–H groups in total. The number of fused-ring (bicyclic) bond motifs is 1. The van der Waals surface area contributed by atoms with E-state index in [2.05, 4.69) is 9.97 Å². The van der Waals surface area contributed by atoms with Gasteiger partial charge in [-0.3, -0.25) is 9.59 Å². The highest BCUT2D eigenvalue weighted by Crippen LogP contribution is 2.39. The van der Waals surface area contributed by atoms with Crippen LogP contribution in [0, 0.1) is 0 Å². The zero-order chi connectivity index (χ0) is 19.1. The summed E-state index contributed by atoms with van der Waals surface area (Å²) in [7, 11) is 0. The molecular weight excluding hydrogens is 357 g/mol. The van der Waals surface area contributed by atoms with E-state index < -0.39 is 34.6 Å². The number of ether oxygens (including phenoxy) is 1. The first-order valence-corrected chi connectivity index (χ1v) is 7.04. The molecule has 1 heterocycles. The zero-order valence-electron chi connectivity index (χ0n) is 12.7. The first-order valence-electron chi connectivity index (χ1n) is 7.04. The maximum Gasteiger partial charge on any atom is 0.420 e. The average Bonchev–Trinajstić information content (AvgIpc) is 2.55. The van der Waals surface area contributed by atoms with Crippen molar-refractivity contribution < 1.29 is 27.8 Å². The summed E-state index contributed by atoms with van der Waals surface area (Å²) in [6, 6.07) is 6.32. The average molecular weight is 366 g/mol. The fourth-order valence-corrected chi connectivity index (χ4v) is 2.24. The number of aromatic carboxylic acids is 1. The molecule has 0 atom stereocenters. The first-order chi connectivity index (χ1) is 12.1. The molecule has 2 aromatic carbocycles. The van der Waals surface area contributed by atoms with Crippen molar-refractivity contribution in [2.45, 2.75) is 6.18 Å². The molecular formula is C16H9F3N2O5. The zero-order valence-corrected chi connectivity index (χ0v) is 12.7. The first kappa shape index (κ1) is 17.3. The Bertz CT molecular complexity index is 1110. The number of halogens is 3. The molecule has 0 aliphatic carbocycles. The van der Waals surface area contributed by atoms with Crippen LogP contribution in [-0.4, -0.2) is 21.0 Å². The lowest BCUT2D eigenvalue weighted by atomic mass is 10.1. The number of rotatable bonds is 3. The van der Waals surface area contributed by atoms with E-state index in [1.807, 2.05) is 0 Å². The summed E-state index contributed by atoms with van der Waals surface area (Å²) in [5, 5.41) is 8.83. The smallest absolute Gasteiger partial charge is 0.420 e. The third-order valence-electron chi connectivity index (χ3n) is 3.46. The lowest BCUT2D eigenvalue weighted by Gasteiger charge is -2.15. The van der Waals surface area contributed by atoms with Gasteiger partial charge in [0.05, 0.1) is 16.6 Å². The Morgan fingerprint density at radius 2 is 1.50 bits per heavy atom. The van der Waals surface area contributed by atoms with Crippen LogP contribution >= 0.6 is 0 Å². The molecule has 134 valence electrons. The third kappa shape index (κ3) is 3.29. The van der Waals surface area contributed by atoms with E-state index in [-0.39, 0.29) is 22.3 Å². The van der Waals surface area contributed by atoms with E-state index >= 15 is 0 Å². The molecule has 7 nitrogen and oxygen atoms in total. The number of hydrogen-bond acceptors (Lipinski definition) is 4. The lowest BCUT2D eigenvalue weighted by molar-refractivity contribution is -0.138. The van der Waals surface area contributed by atoms with Gasteiger partial charge >= 0.3 is 23.3 Å². The summed E-state index contributed by atoms with van der Waals surface area (Å²) in [4.78, 5) is 37.7. The van der Waals surface area contributed by atoms with Gasteiger partial charge in [0.15, 0.2) is 0 Å². The largest absolute Gasteiger partial charge is 0.478 e. The minimum atomic E-state index is -4.79. The van der Waals surface area contributed by atoms with Crippen LogP contribution in [0.4, 0.5) is 13.2 Å². The Morgan fingerprint density at radius 3 is 2.00 bits per heavy atom. The van der Waals surface area contributed by atoms with Crippen molar-refractivity contribution in [1.82, 2.24) is 9.97 Å². The molecule has 0 spiro atoms. The second kappa shape index (κ2) is 6.06. The number of carboxylic acids is 1. The van der Waals surface area contributed by atoms with Crippen LogP contribution in [0.15, 0.2) is 46.0 Å². The Kier molecular flexibility index (Phi) is 4.03. The van der Waals surface area contributed by atoms with Crippen LogP contribution in [0.3, 0.4) is 0 Å². The van der Waals surface area contributed by atoms with Gasteiger partial charge in [-0.05, 0) is 30.3 Å². The van der Waals surface area contributed by atoms with Crippen molar-refractivity contribution in [3.05, 3.63) is 68.2 Å². The molecule has 0 bridgehead atoms. The van der Waals surface area contributed by atoms with E-state index in [1.165, 1.54) is 24.3 Å². The number of aromatic amines is 2. The van der Waals surface area contributed by atoms with Gasteiger partial charge in [0.2, 0.25) is 0 Å². The van der Waals surface area contributed by atoms with Crippen molar-refractivity contribution in [3.63, 3.8) is 0 Å². The fourth-order valence-electron chi connectivity index (χ4n) is 2.24. The van der Waals surface area contributed by atoms with Crippen LogP contribution in [0.25, 0.3) is 11.0 Å². The number of H-pyrrole nitrogens is 2. The lowest BCUT2D eigenvalue weighted by Crippen LogP contribution is -2.29. The molecule has 0 saturated carbocycles. The van der Waals surface area contributed by atoms with Gasteiger partial charge in [-0.1, -0.05) is 0 Å². The number of alkyl halides is 3. The molecule has 3 rings (SSSR count). The molecule has 1 aromatic heterocycles. The Labute approximate surface area is 141 Å². The molecule has 0 saturated heterocycles. The van der Waals surface area contributed by atoms with Gasteiger partial charge in [0.1, 0.15) is 17.1 Å². The highest BCUT2D eigenvalue weighted by molar-refractivity contribution is 5.87. The number of hydrogen-bond donors (Lipinski definition) is 3. The standard InChI is InChI=1S/C16H9F3N2O5/c17-16(18,19)9-5-10-11(21-14(23)13(22)20-10)6-12(9)26-8-3-1-7(2-4-8)15(24)25/h1-6H,(H,20,22)(H,21,23)(H,24,25). The van der Waals surface area contributed by atoms with Gasteiger partial charge in [-0.25, -0.2) is 4.79 Å². The van der Waals surface area contributed by atoms with Gasteiger partial charge in [-0.2, -0.15) is 13.2 Å². The van der Waals surface area contributed by atoms with Crippen LogP contribution in [0.1, 0.15) is 15.9 Å². The quantitative estimate of drug-likeness (QED) is 0.617. The number of carboxylic acid groups (broad SMARTS) is 1. The molecule has 0 aliphatic heterocycles. The normalized spacial score (nSPS) is 11.5. The van der Waals surface area contributed by atoms with Gasteiger partial charge in [0.25, 0.3) is 0 Å². The second-order valence-electron chi connectivity index (χ2n) is 5.23. The van der Waals surface area contributed by atoms with Crippen molar-refractivity contribution in [1.29, 1.82) is 0 Å². The maximum absolute atomic E-state index is 13.3. The SMILES string of the molecule is O=C(O)c1ccc(Oc2cc3[nH]c(=O)c(=O)[nH]c3cc2C(F)(F)F)cc1. The molecule has 26 heavy (non-hydrogen) atoms. The summed E-state index contributed by atoms with van der Waals surface area (Å²) in [6.45, 7) is 0. The van der Waals surface area contributed by atoms with Crippen molar-refractivity contribution in [3.8, 4) is 11.5 Å². The highest BCUT2D eigenvalue weighted by atomic mass is 19.4.